The monoisotopic (exact) mass is 311 g/mol. The Bertz CT molecular complexity index is 395. The highest BCUT2D eigenvalue weighted by atomic mass is 35.5. The Morgan fingerprint density at radius 3 is 2.48 bits per heavy atom. The first-order valence-corrected chi connectivity index (χ1v) is 8.67. The molecule has 0 aromatic heterocycles. The van der Waals surface area contributed by atoms with E-state index in [-0.39, 0.29) is 0 Å². The highest BCUT2D eigenvalue weighted by Crippen LogP contribution is 2.31. The van der Waals surface area contributed by atoms with E-state index in [9.17, 15) is 0 Å². The third kappa shape index (κ3) is 6.71. The van der Waals surface area contributed by atoms with Gasteiger partial charge in [0, 0.05) is 16.6 Å². The molecule has 0 spiro atoms. The number of ether oxygens (including phenoxy) is 1. The average molecular weight is 312 g/mol. The van der Waals surface area contributed by atoms with Crippen LogP contribution in [0.15, 0.2) is 18.2 Å². The number of benzene rings is 1. The molecule has 0 saturated heterocycles. The molecule has 0 aliphatic heterocycles. The predicted octanol–water partition coefficient (Wildman–Crippen LogP) is 5.75. The highest BCUT2D eigenvalue weighted by Gasteiger charge is 2.15. The number of rotatable bonds is 11. The van der Waals surface area contributed by atoms with Crippen LogP contribution in [0.3, 0.4) is 0 Å². The second-order valence-electron chi connectivity index (χ2n) is 5.55. The molecule has 1 N–H and O–H groups in total. The van der Waals surface area contributed by atoms with Gasteiger partial charge in [0.05, 0.1) is 7.11 Å². The molecule has 0 radical (unpaired) electrons. The molecule has 1 aromatic carbocycles. The number of hydrogen-bond donors (Lipinski definition) is 1. The summed E-state index contributed by atoms with van der Waals surface area (Å²) in [5, 5.41) is 4.34. The summed E-state index contributed by atoms with van der Waals surface area (Å²) in [7, 11) is 1.72. The van der Waals surface area contributed by atoms with Crippen molar-refractivity contribution in [3.63, 3.8) is 0 Å². The molecule has 120 valence electrons. The maximum Gasteiger partial charge on any atom is 0.123 e. The summed E-state index contributed by atoms with van der Waals surface area (Å²) < 4.78 is 5.49. The summed E-state index contributed by atoms with van der Waals surface area (Å²) in [5.74, 6) is 0.927. The van der Waals surface area contributed by atoms with Crippen LogP contribution in [-0.2, 0) is 0 Å². The summed E-state index contributed by atoms with van der Waals surface area (Å²) in [5.41, 5.74) is 1.18. The Balaban J connectivity index is 2.58. The van der Waals surface area contributed by atoms with E-state index < -0.39 is 0 Å². The molecule has 0 bridgehead atoms. The Kier molecular flexibility index (Phi) is 9.53. The molecule has 0 fully saturated rings. The van der Waals surface area contributed by atoms with E-state index in [0.29, 0.717) is 6.04 Å². The zero-order valence-electron chi connectivity index (χ0n) is 13.8. The van der Waals surface area contributed by atoms with E-state index in [1.54, 1.807) is 7.11 Å². The zero-order valence-corrected chi connectivity index (χ0v) is 14.5. The number of hydrogen-bond acceptors (Lipinski definition) is 2. The Labute approximate surface area is 135 Å². The lowest BCUT2D eigenvalue weighted by molar-refractivity contribution is 0.393. The first kappa shape index (κ1) is 18.3. The van der Waals surface area contributed by atoms with Crippen molar-refractivity contribution in [2.75, 3.05) is 13.7 Å². The first-order chi connectivity index (χ1) is 10.2. The van der Waals surface area contributed by atoms with Crippen molar-refractivity contribution < 1.29 is 4.74 Å². The number of halogens is 1. The van der Waals surface area contributed by atoms with Crippen LogP contribution in [0.4, 0.5) is 0 Å². The fourth-order valence-corrected chi connectivity index (χ4v) is 2.90. The van der Waals surface area contributed by atoms with Gasteiger partial charge in [-0.2, -0.15) is 0 Å². The predicted molar refractivity (Wildman–Crippen MR) is 92.4 cm³/mol. The van der Waals surface area contributed by atoms with Crippen LogP contribution >= 0.6 is 11.6 Å². The normalized spacial score (nSPS) is 12.4. The molecule has 0 aliphatic carbocycles. The maximum absolute atomic E-state index is 6.15. The minimum atomic E-state index is 0.329. The summed E-state index contributed by atoms with van der Waals surface area (Å²) >= 11 is 6.15. The molecule has 0 saturated carbocycles. The Morgan fingerprint density at radius 1 is 1.10 bits per heavy atom. The SMILES string of the molecule is CCCCCCCCC(NCC)c1cc(Cl)ccc1OC. The minimum absolute atomic E-state index is 0.329. The van der Waals surface area contributed by atoms with Crippen molar-refractivity contribution in [2.45, 2.75) is 64.8 Å². The molecule has 2 nitrogen and oxygen atoms in total. The van der Waals surface area contributed by atoms with E-state index in [4.69, 9.17) is 16.3 Å². The lowest BCUT2D eigenvalue weighted by Crippen LogP contribution is -2.21. The van der Waals surface area contributed by atoms with Gasteiger partial charge in [0.15, 0.2) is 0 Å². The second-order valence-corrected chi connectivity index (χ2v) is 5.99. The van der Waals surface area contributed by atoms with E-state index in [0.717, 1.165) is 23.7 Å². The second kappa shape index (κ2) is 10.9. The summed E-state index contributed by atoms with van der Waals surface area (Å²) in [4.78, 5) is 0. The lowest BCUT2D eigenvalue weighted by Gasteiger charge is -2.21. The van der Waals surface area contributed by atoms with Crippen molar-refractivity contribution in [2.24, 2.45) is 0 Å². The molecule has 3 heteroatoms. The fraction of sp³-hybridized carbons (Fsp3) is 0.667. The van der Waals surface area contributed by atoms with Gasteiger partial charge >= 0.3 is 0 Å². The first-order valence-electron chi connectivity index (χ1n) is 8.29. The largest absolute Gasteiger partial charge is 0.496 e. The smallest absolute Gasteiger partial charge is 0.123 e. The summed E-state index contributed by atoms with van der Waals surface area (Å²) in [6.45, 7) is 5.36. The molecule has 1 aromatic rings. The van der Waals surface area contributed by atoms with Gasteiger partial charge in [-0.15, -0.1) is 0 Å². The van der Waals surface area contributed by atoms with Gasteiger partial charge in [-0.25, -0.2) is 0 Å². The molecular formula is C18H30ClNO. The number of nitrogens with one attached hydrogen (secondary N) is 1. The molecule has 1 atom stereocenters. The quantitative estimate of drug-likeness (QED) is 0.525. The molecule has 21 heavy (non-hydrogen) atoms. The van der Waals surface area contributed by atoms with Gasteiger partial charge in [0.2, 0.25) is 0 Å². The third-order valence-electron chi connectivity index (χ3n) is 3.86. The van der Waals surface area contributed by atoms with Crippen LogP contribution < -0.4 is 10.1 Å². The van der Waals surface area contributed by atoms with E-state index >= 15 is 0 Å². The van der Waals surface area contributed by atoms with Crippen LogP contribution in [0.25, 0.3) is 0 Å². The average Bonchev–Trinajstić information content (AvgIpc) is 2.49. The van der Waals surface area contributed by atoms with Gasteiger partial charge in [-0.05, 0) is 31.2 Å². The molecule has 1 unspecified atom stereocenters. The van der Waals surface area contributed by atoms with Gasteiger partial charge in [-0.1, -0.05) is 64.0 Å². The zero-order chi connectivity index (χ0) is 15.5. The van der Waals surface area contributed by atoms with Crippen molar-refractivity contribution in [1.29, 1.82) is 0 Å². The summed E-state index contributed by atoms with van der Waals surface area (Å²) in [6, 6.07) is 6.21. The molecular weight excluding hydrogens is 282 g/mol. The van der Waals surface area contributed by atoms with Gasteiger partial charge in [0.25, 0.3) is 0 Å². The van der Waals surface area contributed by atoms with Gasteiger partial charge in [-0.3, -0.25) is 0 Å². The van der Waals surface area contributed by atoms with Crippen LogP contribution in [0, 0.1) is 0 Å². The van der Waals surface area contributed by atoms with E-state index in [2.05, 4.69) is 19.2 Å². The van der Waals surface area contributed by atoms with E-state index in [1.807, 2.05) is 18.2 Å². The van der Waals surface area contributed by atoms with Crippen molar-refractivity contribution >= 4 is 11.6 Å². The Hall–Kier alpha value is -0.730. The van der Waals surface area contributed by atoms with Crippen LogP contribution in [0.1, 0.15) is 70.4 Å². The molecule has 0 heterocycles. The van der Waals surface area contributed by atoms with Gasteiger partial charge < -0.3 is 10.1 Å². The summed E-state index contributed by atoms with van der Waals surface area (Å²) in [6.07, 6.45) is 9.07. The standard InChI is InChI=1S/C18H30ClNO/c1-4-6-7-8-9-10-11-17(20-5-2)16-14-15(19)12-13-18(16)21-3/h12-14,17,20H,4-11H2,1-3H3. The van der Waals surface area contributed by atoms with Crippen LogP contribution in [0.5, 0.6) is 5.75 Å². The third-order valence-corrected chi connectivity index (χ3v) is 4.10. The topological polar surface area (TPSA) is 21.3 Å². The Morgan fingerprint density at radius 2 is 1.81 bits per heavy atom. The maximum atomic E-state index is 6.15. The minimum Gasteiger partial charge on any atom is -0.496 e. The van der Waals surface area contributed by atoms with Crippen molar-refractivity contribution in [3.8, 4) is 5.75 Å². The number of unbranched alkanes of at least 4 members (excludes halogenated alkanes) is 5. The van der Waals surface area contributed by atoms with Crippen molar-refractivity contribution in [3.05, 3.63) is 28.8 Å². The van der Waals surface area contributed by atoms with Crippen LogP contribution in [0.2, 0.25) is 5.02 Å². The molecule has 0 aliphatic rings. The van der Waals surface area contributed by atoms with Crippen molar-refractivity contribution in [1.82, 2.24) is 5.32 Å². The van der Waals surface area contributed by atoms with Gasteiger partial charge in [0.1, 0.15) is 5.75 Å². The van der Waals surface area contributed by atoms with Crippen LogP contribution in [-0.4, -0.2) is 13.7 Å². The fourth-order valence-electron chi connectivity index (χ4n) is 2.72. The highest BCUT2D eigenvalue weighted by molar-refractivity contribution is 6.30. The number of methoxy groups -OCH3 is 1. The molecule has 0 amide bonds. The van der Waals surface area contributed by atoms with E-state index in [1.165, 1.54) is 44.1 Å². The lowest BCUT2D eigenvalue weighted by atomic mass is 9.98. The molecule has 1 rings (SSSR count).